The van der Waals surface area contributed by atoms with Gasteiger partial charge in [0.1, 0.15) is 6.61 Å². The first kappa shape index (κ1) is 14.6. The summed E-state index contributed by atoms with van der Waals surface area (Å²) in [5.74, 6) is 1.73. The summed E-state index contributed by atoms with van der Waals surface area (Å²) in [5, 5.41) is 0. The van der Waals surface area contributed by atoms with Crippen LogP contribution >= 0.6 is 0 Å². The van der Waals surface area contributed by atoms with Crippen molar-refractivity contribution in [2.45, 2.75) is 45.3 Å². The highest BCUT2D eigenvalue weighted by atomic mass is 16.5. The van der Waals surface area contributed by atoms with Crippen LogP contribution in [0.25, 0.3) is 0 Å². The molecule has 114 valence electrons. The van der Waals surface area contributed by atoms with E-state index in [0.717, 1.165) is 18.1 Å². The standard InChI is InChI=1S/C18H24O3/c1-2-20-17-10-14-8-15(16(17)9-14)11-18(19)21-12-13-6-4-3-5-7-13/h3-7,14-17H,2,8-12H2,1H3. The molecule has 0 amide bonds. The van der Waals surface area contributed by atoms with Gasteiger partial charge < -0.3 is 9.47 Å². The monoisotopic (exact) mass is 288 g/mol. The Balaban J connectivity index is 1.47. The number of carbonyl (C=O) groups excluding carboxylic acids is 1. The molecule has 21 heavy (non-hydrogen) atoms. The summed E-state index contributed by atoms with van der Waals surface area (Å²) in [6.07, 6.45) is 4.53. The zero-order chi connectivity index (χ0) is 14.7. The Hall–Kier alpha value is -1.35. The van der Waals surface area contributed by atoms with E-state index in [2.05, 4.69) is 6.92 Å². The predicted molar refractivity (Wildman–Crippen MR) is 80.6 cm³/mol. The van der Waals surface area contributed by atoms with Gasteiger partial charge in [-0.2, -0.15) is 0 Å². The molecule has 1 aromatic carbocycles. The van der Waals surface area contributed by atoms with E-state index in [9.17, 15) is 4.79 Å². The maximum absolute atomic E-state index is 12.1. The fraction of sp³-hybridized carbons (Fsp3) is 0.611. The van der Waals surface area contributed by atoms with Gasteiger partial charge in [-0.05, 0) is 49.5 Å². The van der Waals surface area contributed by atoms with E-state index in [0.29, 0.717) is 31.0 Å². The SMILES string of the molecule is CCOC1CC2CC(CC(=O)OCc3ccccc3)C1C2. The lowest BCUT2D eigenvalue weighted by atomic mass is 9.84. The van der Waals surface area contributed by atoms with Gasteiger partial charge in [-0.25, -0.2) is 0 Å². The minimum Gasteiger partial charge on any atom is -0.461 e. The normalized spacial score (nSPS) is 30.5. The first-order valence-corrected chi connectivity index (χ1v) is 8.07. The third kappa shape index (κ3) is 3.46. The van der Waals surface area contributed by atoms with Crippen LogP contribution in [-0.4, -0.2) is 18.7 Å². The molecule has 0 heterocycles. The van der Waals surface area contributed by atoms with Gasteiger partial charge in [0.25, 0.3) is 0 Å². The Morgan fingerprint density at radius 1 is 1.19 bits per heavy atom. The molecule has 3 nitrogen and oxygen atoms in total. The van der Waals surface area contributed by atoms with Crippen LogP contribution in [0.5, 0.6) is 0 Å². The smallest absolute Gasteiger partial charge is 0.306 e. The van der Waals surface area contributed by atoms with E-state index in [4.69, 9.17) is 9.47 Å². The number of esters is 1. The minimum absolute atomic E-state index is 0.0633. The quantitative estimate of drug-likeness (QED) is 0.751. The van der Waals surface area contributed by atoms with Crippen molar-refractivity contribution in [2.75, 3.05) is 6.61 Å². The largest absolute Gasteiger partial charge is 0.461 e. The molecular formula is C18H24O3. The Labute approximate surface area is 126 Å². The molecule has 2 fully saturated rings. The van der Waals surface area contributed by atoms with E-state index in [1.165, 1.54) is 19.3 Å². The predicted octanol–water partition coefficient (Wildman–Crippen LogP) is 3.57. The fourth-order valence-electron chi connectivity index (χ4n) is 4.08. The Bertz CT molecular complexity index is 471. The summed E-state index contributed by atoms with van der Waals surface area (Å²) in [6.45, 7) is 3.21. The highest BCUT2D eigenvalue weighted by Crippen LogP contribution is 2.50. The number of carbonyl (C=O) groups is 1. The number of hydrogen-bond acceptors (Lipinski definition) is 3. The van der Waals surface area contributed by atoms with Crippen LogP contribution in [0.15, 0.2) is 30.3 Å². The van der Waals surface area contributed by atoms with Gasteiger partial charge in [0.2, 0.25) is 0 Å². The molecule has 2 bridgehead atoms. The molecule has 0 aromatic heterocycles. The van der Waals surface area contributed by atoms with Gasteiger partial charge in [-0.15, -0.1) is 0 Å². The molecule has 0 radical (unpaired) electrons. The van der Waals surface area contributed by atoms with Crippen molar-refractivity contribution in [2.24, 2.45) is 17.8 Å². The van der Waals surface area contributed by atoms with Crippen LogP contribution in [-0.2, 0) is 20.9 Å². The van der Waals surface area contributed by atoms with E-state index in [1.54, 1.807) is 0 Å². The Morgan fingerprint density at radius 3 is 2.71 bits per heavy atom. The first-order valence-electron chi connectivity index (χ1n) is 8.07. The molecule has 4 unspecified atom stereocenters. The van der Waals surface area contributed by atoms with Crippen molar-refractivity contribution < 1.29 is 14.3 Å². The number of fused-ring (bicyclic) bond motifs is 2. The van der Waals surface area contributed by atoms with Gasteiger partial charge in [-0.1, -0.05) is 30.3 Å². The number of rotatable bonds is 6. The number of benzene rings is 1. The second kappa shape index (κ2) is 6.61. The molecule has 0 spiro atoms. The zero-order valence-electron chi connectivity index (χ0n) is 12.7. The van der Waals surface area contributed by atoms with Crippen LogP contribution in [0.3, 0.4) is 0 Å². The van der Waals surface area contributed by atoms with Crippen molar-refractivity contribution in [3.8, 4) is 0 Å². The number of hydrogen-bond donors (Lipinski definition) is 0. The highest BCUT2D eigenvalue weighted by molar-refractivity contribution is 5.69. The van der Waals surface area contributed by atoms with Crippen LogP contribution in [0.4, 0.5) is 0 Å². The van der Waals surface area contributed by atoms with Gasteiger partial charge in [0.15, 0.2) is 0 Å². The molecule has 2 aliphatic carbocycles. The summed E-state index contributed by atoms with van der Waals surface area (Å²) in [4.78, 5) is 12.1. The van der Waals surface area contributed by atoms with Crippen molar-refractivity contribution >= 4 is 5.97 Å². The van der Waals surface area contributed by atoms with Crippen LogP contribution in [0, 0.1) is 17.8 Å². The molecule has 4 atom stereocenters. The second-order valence-corrected chi connectivity index (χ2v) is 6.34. The average Bonchev–Trinajstić information content (AvgIpc) is 3.06. The fourth-order valence-corrected chi connectivity index (χ4v) is 4.08. The van der Waals surface area contributed by atoms with Gasteiger partial charge in [0.05, 0.1) is 6.10 Å². The second-order valence-electron chi connectivity index (χ2n) is 6.34. The highest BCUT2D eigenvalue weighted by Gasteiger charge is 2.47. The molecule has 0 N–H and O–H groups in total. The van der Waals surface area contributed by atoms with E-state index in [-0.39, 0.29) is 5.97 Å². The summed E-state index contributed by atoms with van der Waals surface area (Å²) in [6, 6.07) is 9.86. The maximum atomic E-state index is 12.1. The number of ether oxygens (including phenoxy) is 2. The van der Waals surface area contributed by atoms with Crippen LogP contribution in [0.2, 0.25) is 0 Å². The lowest BCUT2D eigenvalue weighted by molar-refractivity contribution is -0.147. The molecule has 2 saturated carbocycles. The first-order chi connectivity index (χ1) is 10.3. The third-order valence-electron chi connectivity index (χ3n) is 4.94. The summed E-state index contributed by atoms with van der Waals surface area (Å²) in [5.41, 5.74) is 1.05. The zero-order valence-corrected chi connectivity index (χ0v) is 12.7. The molecular weight excluding hydrogens is 264 g/mol. The molecule has 3 rings (SSSR count). The summed E-state index contributed by atoms with van der Waals surface area (Å²) < 4.78 is 11.2. The third-order valence-corrected chi connectivity index (χ3v) is 4.94. The molecule has 0 saturated heterocycles. The van der Waals surface area contributed by atoms with E-state index >= 15 is 0 Å². The molecule has 1 aromatic rings. The van der Waals surface area contributed by atoms with Gasteiger partial charge >= 0.3 is 5.97 Å². The Kier molecular flexibility index (Phi) is 4.59. The van der Waals surface area contributed by atoms with Crippen molar-refractivity contribution in [1.82, 2.24) is 0 Å². The van der Waals surface area contributed by atoms with Crippen LogP contribution < -0.4 is 0 Å². The van der Waals surface area contributed by atoms with Crippen LogP contribution in [0.1, 0.15) is 38.2 Å². The Morgan fingerprint density at radius 2 is 2.00 bits per heavy atom. The van der Waals surface area contributed by atoms with Gasteiger partial charge in [0, 0.05) is 13.0 Å². The van der Waals surface area contributed by atoms with E-state index < -0.39 is 0 Å². The molecule has 2 aliphatic rings. The average molecular weight is 288 g/mol. The lowest BCUT2D eigenvalue weighted by Crippen LogP contribution is -2.29. The molecule has 3 heteroatoms. The minimum atomic E-state index is -0.0633. The topological polar surface area (TPSA) is 35.5 Å². The van der Waals surface area contributed by atoms with Crippen molar-refractivity contribution in [3.05, 3.63) is 35.9 Å². The van der Waals surface area contributed by atoms with Gasteiger partial charge in [-0.3, -0.25) is 4.79 Å². The summed E-state index contributed by atoms with van der Waals surface area (Å²) in [7, 11) is 0. The molecule has 0 aliphatic heterocycles. The van der Waals surface area contributed by atoms with E-state index in [1.807, 2.05) is 30.3 Å². The van der Waals surface area contributed by atoms with Crippen molar-refractivity contribution in [3.63, 3.8) is 0 Å². The lowest BCUT2D eigenvalue weighted by Gasteiger charge is -2.28. The van der Waals surface area contributed by atoms with Crippen molar-refractivity contribution in [1.29, 1.82) is 0 Å². The maximum Gasteiger partial charge on any atom is 0.306 e. The summed E-state index contributed by atoms with van der Waals surface area (Å²) >= 11 is 0.